The maximum atomic E-state index is 13.1. The van der Waals surface area contributed by atoms with E-state index in [9.17, 15) is 9.59 Å². The van der Waals surface area contributed by atoms with Crippen LogP contribution in [0.2, 0.25) is 0 Å². The van der Waals surface area contributed by atoms with E-state index in [1.54, 1.807) is 6.07 Å². The first kappa shape index (κ1) is 20.6. The fraction of sp³-hybridized carbons (Fsp3) is 0.304. The zero-order valence-electron chi connectivity index (χ0n) is 17.7. The quantitative estimate of drug-likeness (QED) is 0.589. The van der Waals surface area contributed by atoms with Crippen molar-refractivity contribution >= 4 is 17.6 Å². The molecule has 1 saturated heterocycles. The number of anilines is 1. The van der Waals surface area contributed by atoms with Gasteiger partial charge in [-0.15, -0.1) is 0 Å². The predicted octanol–water partition coefficient (Wildman–Crippen LogP) is 3.57. The van der Waals surface area contributed by atoms with Gasteiger partial charge in [-0.3, -0.25) is 9.89 Å². The number of carbonyl (C=O) groups excluding carboxylic acids is 2. The first-order chi connectivity index (χ1) is 15.0. The second-order valence-electron chi connectivity index (χ2n) is 7.72. The fourth-order valence-corrected chi connectivity index (χ4v) is 3.86. The van der Waals surface area contributed by atoms with Crippen molar-refractivity contribution in [3.05, 3.63) is 76.9 Å². The number of aromatic amines is 1. The van der Waals surface area contributed by atoms with Crippen molar-refractivity contribution in [3.63, 3.8) is 0 Å². The maximum Gasteiger partial charge on any atom is 0.320 e. The van der Waals surface area contributed by atoms with Crippen molar-refractivity contribution in [1.82, 2.24) is 25.4 Å². The largest absolute Gasteiger partial charge is 0.339 e. The van der Waals surface area contributed by atoms with Crippen LogP contribution in [-0.4, -0.2) is 45.1 Å². The van der Waals surface area contributed by atoms with Gasteiger partial charge in [0.05, 0.1) is 11.3 Å². The number of hydrogen-bond acceptors (Lipinski definition) is 4. The summed E-state index contributed by atoms with van der Waals surface area (Å²) in [6, 6.07) is 14.0. The van der Waals surface area contributed by atoms with Crippen LogP contribution in [0.25, 0.3) is 0 Å². The molecule has 1 fully saturated rings. The van der Waals surface area contributed by atoms with Crippen LogP contribution in [0.4, 0.5) is 10.5 Å². The van der Waals surface area contributed by atoms with Crippen LogP contribution >= 0.6 is 0 Å². The monoisotopic (exact) mass is 418 g/mol. The van der Waals surface area contributed by atoms with Gasteiger partial charge in [-0.1, -0.05) is 42.5 Å². The molecule has 4 rings (SSSR count). The molecule has 160 valence electrons. The second kappa shape index (κ2) is 8.99. The highest BCUT2D eigenvalue weighted by atomic mass is 16.2. The lowest BCUT2D eigenvalue weighted by Crippen LogP contribution is -2.35. The second-order valence-corrected chi connectivity index (χ2v) is 7.72. The van der Waals surface area contributed by atoms with Gasteiger partial charge in [0.15, 0.2) is 5.82 Å². The number of amides is 3. The predicted molar refractivity (Wildman–Crippen MR) is 118 cm³/mol. The Morgan fingerprint density at radius 1 is 1.03 bits per heavy atom. The summed E-state index contributed by atoms with van der Waals surface area (Å²) in [6.45, 7) is 5.19. The van der Waals surface area contributed by atoms with E-state index in [1.807, 2.05) is 61.2 Å². The molecular weight excluding hydrogens is 392 g/mol. The van der Waals surface area contributed by atoms with E-state index in [2.05, 4.69) is 25.8 Å². The van der Waals surface area contributed by atoms with Crippen LogP contribution < -0.4 is 10.6 Å². The van der Waals surface area contributed by atoms with Gasteiger partial charge in [0.2, 0.25) is 0 Å². The lowest BCUT2D eigenvalue weighted by Gasteiger charge is -2.21. The number of hydrogen-bond donors (Lipinski definition) is 3. The minimum atomic E-state index is -0.534. The van der Waals surface area contributed by atoms with Gasteiger partial charge < -0.3 is 15.5 Å². The highest BCUT2D eigenvalue weighted by Crippen LogP contribution is 2.24. The summed E-state index contributed by atoms with van der Waals surface area (Å²) in [4.78, 5) is 32.3. The van der Waals surface area contributed by atoms with Crippen LogP contribution in [0.15, 0.2) is 48.5 Å². The van der Waals surface area contributed by atoms with Crippen molar-refractivity contribution in [2.45, 2.75) is 32.7 Å². The molecule has 8 heteroatoms. The number of benzene rings is 2. The molecule has 0 saturated carbocycles. The topological polar surface area (TPSA) is 103 Å². The first-order valence-electron chi connectivity index (χ1n) is 10.4. The zero-order chi connectivity index (χ0) is 21.8. The normalized spacial score (nSPS) is 14.3. The number of H-pyrrole nitrogens is 1. The molecule has 0 aliphatic carbocycles. The summed E-state index contributed by atoms with van der Waals surface area (Å²) in [6.07, 6.45) is 2.02. The molecule has 1 aliphatic rings. The molecule has 2 heterocycles. The Labute approximate surface area is 181 Å². The third-order valence-electron chi connectivity index (χ3n) is 5.41. The van der Waals surface area contributed by atoms with Gasteiger partial charge in [0, 0.05) is 13.1 Å². The minimum Gasteiger partial charge on any atom is -0.339 e. The van der Waals surface area contributed by atoms with Crippen LogP contribution in [0, 0.1) is 13.8 Å². The lowest BCUT2D eigenvalue weighted by molar-refractivity contribution is 0.0793. The van der Waals surface area contributed by atoms with Crippen molar-refractivity contribution in [2.75, 3.05) is 18.4 Å². The molecule has 0 bridgehead atoms. The van der Waals surface area contributed by atoms with Crippen molar-refractivity contribution in [2.24, 2.45) is 0 Å². The molecule has 1 unspecified atom stereocenters. The fourth-order valence-electron chi connectivity index (χ4n) is 3.86. The molecule has 3 N–H and O–H groups in total. The van der Waals surface area contributed by atoms with E-state index in [0.717, 1.165) is 37.1 Å². The highest BCUT2D eigenvalue weighted by molar-refractivity contribution is 6.04. The SMILES string of the molecule is Cc1nc(C(NC(=O)Nc2cccc(C)c2C(=O)N2CCCC2)c2ccccc2)n[nH]1. The van der Waals surface area contributed by atoms with Gasteiger partial charge in [-0.05, 0) is 43.9 Å². The summed E-state index contributed by atoms with van der Waals surface area (Å²) in [5.74, 6) is 1.09. The van der Waals surface area contributed by atoms with Crippen molar-refractivity contribution in [3.8, 4) is 0 Å². The van der Waals surface area contributed by atoms with Gasteiger partial charge in [0.25, 0.3) is 5.91 Å². The minimum absolute atomic E-state index is 0.0462. The van der Waals surface area contributed by atoms with Gasteiger partial charge in [0.1, 0.15) is 11.9 Å². The number of aryl methyl sites for hydroxylation is 2. The molecule has 8 nitrogen and oxygen atoms in total. The lowest BCUT2D eigenvalue weighted by atomic mass is 10.0. The number of likely N-dealkylation sites (tertiary alicyclic amines) is 1. The molecule has 31 heavy (non-hydrogen) atoms. The number of aromatic nitrogens is 3. The standard InChI is InChI=1S/C23H26N6O2/c1-15-9-8-12-18(19(15)22(30)29-13-6-7-14-29)25-23(31)26-20(17-10-4-3-5-11-17)21-24-16(2)27-28-21/h3-5,8-12,20H,6-7,13-14H2,1-2H3,(H,24,27,28)(H2,25,26,31). The third kappa shape index (κ3) is 4.58. The summed E-state index contributed by atoms with van der Waals surface area (Å²) < 4.78 is 0. The maximum absolute atomic E-state index is 13.1. The van der Waals surface area contributed by atoms with E-state index in [0.29, 0.717) is 22.9 Å². The zero-order valence-corrected chi connectivity index (χ0v) is 17.7. The molecule has 1 atom stereocenters. The number of rotatable bonds is 5. The molecule has 3 aromatic rings. The number of urea groups is 1. The summed E-state index contributed by atoms with van der Waals surface area (Å²) in [5, 5.41) is 12.9. The van der Waals surface area contributed by atoms with Crippen LogP contribution in [-0.2, 0) is 0 Å². The van der Waals surface area contributed by atoms with Crippen molar-refractivity contribution < 1.29 is 9.59 Å². The molecular formula is C23H26N6O2. The van der Waals surface area contributed by atoms with Crippen LogP contribution in [0.5, 0.6) is 0 Å². The van der Waals surface area contributed by atoms with E-state index in [1.165, 1.54) is 0 Å². The van der Waals surface area contributed by atoms with Gasteiger partial charge in [-0.2, -0.15) is 5.10 Å². The Bertz CT molecular complexity index is 1070. The molecule has 1 aromatic heterocycles. The van der Waals surface area contributed by atoms with E-state index in [4.69, 9.17) is 0 Å². The highest BCUT2D eigenvalue weighted by Gasteiger charge is 2.25. The van der Waals surface area contributed by atoms with E-state index < -0.39 is 12.1 Å². The Balaban J connectivity index is 1.57. The van der Waals surface area contributed by atoms with Crippen LogP contribution in [0.1, 0.15) is 52.0 Å². The van der Waals surface area contributed by atoms with Crippen molar-refractivity contribution in [1.29, 1.82) is 0 Å². The summed E-state index contributed by atoms with van der Waals surface area (Å²) in [5.41, 5.74) is 2.71. The molecule has 1 aliphatic heterocycles. The summed E-state index contributed by atoms with van der Waals surface area (Å²) >= 11 is 0. The Kier molecular flexibility index (Phi) is 5.97. The number of nitrogens with one attached hydrogen (secondary N) is 3. The number of nitrogens with zero attached hydrogens (tertiary/aromatic N) is 3. The van der Waals surface area contributed by atoms with Gasteiger partial charge in [-0.25, -0.2) is 9.78 Å². The Morgan fingerprint density at radius 3 is 2.45 bits per heavy atom. The van der Waals surface area contributed by atoms with E-state index >= 15 is 0 Å². The average molecular weight is 419 g/mol. The Hall–Kier alpha value is -3.68. The van der Waals surface area contributed by atoms with Gasteiger partial charge >= 0.3 is 6.03 Å². The average Bonchev–Trinajstić information content (AvgIpc) is 3.44. The Morgan fingerprint density at radius 2 is 1.77 bits per heavy atom. The number of carbonyl (C=O) groups is 2. The molecule has 0 radical (unpaired) electrons. The molecule has 2 aromatic carbocycles. The molecule has 3 amide bonds. The van der Waals surface area contributed by atoms with Crippen LogP contribution in [0.3, 0.4) is 0 Å². The smallest absolute Gasteiger partial charge is 0.320 e. The first-order valence-corrected chi connectivity index (χ1v) is 10.4. The van der Waals surface area contributed by atoms with E-state index in [-0.39, 0.29) is 5.91 Å². The molecule has 0 spiro atoms. The third-order valence-corrected chi connectivity index (χ3v) is 5.41. The summed E-state index contributed by atoms with van der Waals surface area (Å²) in [7, 11) is 0.